The molecular formula is C49H69N17O8. The Kier molecular flexibility index (Phi) is 22.2. The minimum Gasteiger partial charge on any atom is -0.370 e. The zero-order valence-electron chi connectivity index (χ0n) is 41.4. The molecule has 4 aromatic rings. The molecule has 5 rings (SSSR count). The highest BCUT2D eigenvalue weighted by Gasteiger charge is 2.34. The largest absolute Gasteiger partial charge is 0.370 e. The Morgan fingerprint density at radius 2 is 1.35 bits per heavy atom. The third kappa shape index (κ3) is 18.9. The van der Waals surface area contributed by atoms with Gasteiger partial charge in [0.2, 0.25) is 47.3 Å². The van der Waals surface area contributed by atoms with Crippen molar-refractivity contribution in [3.63, 3.8) is 0 Å². The average Bonchev–Trinajstić information content (AvgIpc) is 4.04. The van der Waals surface area contributed by atoms with Crippen LogP contribution in [-0.4, -0.2) is 137 Å². The summed E-state index contributed by atoms with van der Waals surface area (Å²) >= 11 is 0. The second kappa shape index (κ2) is 29.1. The van der Waals surface area contributed by atoms with Crippen molar-refractivity contribution in [3.05, 3.63) is 90.1 Å². The maximum Gasteiger partial charge on any atom is 0.243 e. The predicted octanol–water partition coefficient (Wildman–Crippen LogP) is -1.82. The third-order valence-electron chi connectivity index (χ3n) is 12.1. The number of imidazole rings is 1. The van der Waals surface area contributed by atoms with E-state index in [1.54, 1.807) is 36.5 Å². The van der Waals surface area contributed by atoms with E-state index in [1.165, 1.54) is 19.4 Å². The van der Waals surface area contributed by atoms with Gasteiger partial charge >= 0.3 is 0 Å². The molecule has 0 bridgehead atoms. The number of fused-ring (bicyclic) bond motifs is 1. The van der Waals surface area contributed by atoms with Gasteiger partial charge in [-0.3, -0.25) is 49.2 Å². The molecule has 3 heterocycles. The van der Waals surface area contributed by atoms with E-state index in [9.17, 15) is 38.4 Å². The lowest BCUT2D eigenvalue weighted by Gasteiger charge is -2.28. The summed E-state index contributed by atoms with van der Waals surface area (Å²) in [5.41, 5.74) is 13.5. The first-order chi connectivity index (χ1) is 35.6. The Balaban J connectivity index is 1.49. The van der Waals surface area contributed by atoms with E-state index < -0.39 is 77.6 Å². The van der Waals surface area contributed by atoms with Crippen LogP contribution in [0.5, 0.6) is 0 Å². The molecule has 8 amide bonds. The number of nitrogens with one attached hydrogen (secondary N) is 14. The molecule has 0 unspecified atom stereocenters. The molecule has 0 saturated carbocycles. The molecule has 2 aromatic heterocycles. The van der Waals surface area contributed by atoms with E-state index in [-0.39, 0.29) is 95.4 Å². The zero-order valence-corrected chi connectivity index (χ0v) is 41.4. The Morgan fingerprint density at radius 3 is 2.04 bits per heavy atom. The van der Waals surface area contributed by atoms with E-state index in [4.69, 9.17) is 22.3 Å². The van der Waals surface area contributed by atoms with E-state index in [0.717, 1.165) is 16.5 Å². The van der Waals surface area contributed by atoms with Crippen molar-refractivity contribution in [2.75, 3.05) is 26.2 Å². The molecule has 398 valence electrons. The van der Waals surface area contributed by atoms with Crippen LogP contribution in [0.3, 0.4) is 0 Å². The Hall–Kier alpha value is -8.51. The maximum atomic E-state index is 14.7. The summed E-state index contributed by atoms with van der Waals surface area (Å²) in [5.74, 6) is -5.83. The summed E-state index contributed by atoms with van der Waals surface area (Å²) in [6, 6.07) is 8.67. The van der Waals surface area contributed by atoms with Gasteiger partial charge in [0.1, 0.15) is 36.3 Å². The predicted molar refractivity (Wildman–Crippen MR) is 274 cm³/mol. The average molecular weight is 1020 g/mol. The molecule has 1 aliphatic heterocycles. The summed E-state index contributed by atoms with van der Waals surface area (Å²) in [4.78, 5) is 122. The molecule has 6 atom stereocenters. The number of guanidine groups is 2. The highest BCUT2D eigenvalue weighted by molar-refractivity contribution is 5.97. The van der Waals surface area contributed by atoms with E-state index in [0.29, 0.717) is 30.5 Å². The quantitative estimate of drug-likeness (QED) is 0.0315. The highest BCUT2D eigenvalue weighted by Crippen LogP contribution is 2.20. The number of benzene rings is 2. The topological polar surface area (TPSA) is 401 Å². The van der Waals surface area contributed by atoms with Crippen molar-refractivity contribution in [1.82, 2.24) is 68.1 Å². The van der Waals surface area contributed by atoms with Crippen molar-refractivity contribution < 1.29 is 38.4 Å². The van der Waals surface area contributed by atoms with Crippen LogP contribution >= 0.6 is 0 Å². The molecule has 25 heteroatoms. The SMILES string of the molecule is CC(=O)N[C@@H](CCCNC(=N)N)C(=O)N[C@H]1CCCCNC(=O)CCNC(=O)[C@H](Cc2c[nH]c3ccccc23)NC(=O)[C@H](CCCNC(=N)N)NC(=O)[C@@H](Cc2ccccc2)NC(=O)[C@H](Cc2c[nH]cn2)NC1=O. The van der Waals surface area contributed by atoms with Crippen LogP contribution in [0.2, 0.25) is 0 Å². The van der Waals surface area contributed by atoms with Crippen molar-refractivity contribution in [2.45, 2.75) is 114 Å². The van der Waals surface area contributed by atoms with Crippen molar-refractivity contribution in [2.24, 2.45) is 11.5 Å². The number of rotatable bonds is 17. The van der Waals surface area contributed by atoms with Crippen LogP contribution in [0.4, 0.5) is 0 Å². The minimum absolute atomic E-state index is 0.00546. The van der Waals surface area contributed by atoms with Gasteiger partial charge in [0, 0.05) is 82.1 Å². The second-order valence-corrected chi connectivity index (χ2v) is 17.9. The monoisotopic (exact) mass is 1020 g/mol. The maximum absolute atomic E-state index is 14.7. The second-order valence-electron chi connectivity index (χ2n) is 17.9. The fourth-order valence-corrected chi connectivity index (χ4v) is 8.29. The number of aromatic nitrogens is 3. The number of carbonyl (C=O) groups excluding carboxylic acids is 8. The molecule has 74 heavy (non-hydrogen) atoms. The number of nitrogens with zero attached hydrogens (tertiary/aromatic N) is 1. The van der Waals surface area contributed by atoms with E-state index in [2.05, 4.69) is 68.1 Å². The lowest BCUT2D eigenvalue weighted by molar-refractivity contribution is -0.135. The molecule has 25 nitrogen and oxygen atoms in total. The first-order valence-corrected chi connectivity index (χ1v) is 24.6. The number of hydrogen-bond donors (Lipinski definition) is 16. The molecule has 0 spiro atoms. The number of carbonyl (C=O) groups is 8. The molecular weight excluding hydrogens is 955 g/mol. The fraction of sp³-hybridized carbons (Fsp3) is 0.449. The molecule has 1 aliphatic rings. The van der Waals surface area contributed by atoms with Gasteiger partial charge < -0.3 is 74.6 Å². The van der Waals surface area contributed by atoms with E-state index >= 15 is 0 Å². The number of H-pyrrole nitrogens is 2. The Morgan fingerprint density at radius 1 is 0.716 bits per heavy atom. The Labute approximate surface area is 427 Å². The van der Waals surface area contributed by atoms with Crippen LogP contribution < -0.4 is 64.6 Å². The van der Waals surface area contributed by atoms with Gasteiger partial charge in [-0.25, -0.2) is 4.98 Å². The zero-order chi connectivity index (χ0) is 53.4. The van der Waals surface area contributed by atoms with Crippen molar-refractivity contribution in [3.8, 4) is 0 Å². The van der Waals surface area contributed by atoms with Crippen LogP contribution in [0.15, 0.2) is 73.3 Å². The first-order valence-electron chi connectivity index (χ1n) is 24.6. The van der Waals surface area contributed by atoms with Gasteiger partial charge in [0.25, 0.3) is 0 Å². The summed E-state index contributed by atoms with van der Waals surface area (Å²) in [6.45, 7) is 1.71. The van der Waals surface area contributed by atoms with Crippen LogP contribution in [-0.2, 0) is 57.6 Å². The number of amides is 8. The van der Waals surface area contributed by atoms with Gasteiger partial charge in [-0.15, -0.1) is 0 Å². The summed E-state index contributed by atoms with van der Waals surface area (Å²) in [5, 5.41) is 43.3. The van der Waals surface area contributed by atoms with E-state index in [1.807, 2.05) is 24.3 Å². The van der Waals surface area contributed by atoms with Crippen LogP contribution in [0, 0.1) is 10.8 Å². The Bertz CT molecular complexity index is 2550. The van der Waals surface area contributed by atoms with Crippen LogP contribution in [0.25, 0.3) is 10.9 Å². The summed E-state index contributed by atoms with van der Waals surface area (Å²) in [6.07, 6.45) is 5.66. The smallest absolute Gasteiger partial charge is 0.243 e. The normalized spacial score (nSPS) is 20.3. The third-order valence-corrected chi connectivity index (χ3v) is 12.1. The molecule has 1 fully saturated rings. The minimum atomic E-state index is -1.39. The number of para-hydroxylation sites is 1. The molecule has 0 aliphatic carbocycles. The number of aromatic amines is 2. The van der Waals surface area contributed by atoms with Gasteiger partial charge in [0.15, 0.2) is 11.9 Å². The molecule has 2 aromatic carbocycles. The van der Waals surface area contributed by atoms with Gasteiger partial charge in [-0.1, -0.05) is 48.5 Å². The van der Waals surface area contributed by atoms with Gasteiger partial charge in [-0.2, -0.15) is 0 Å². The molecule has 0 radical (unpaired) electrons. The van der Waals surface area contributed by atoms with Crippen molar-refractivity contribution >= 4 is 70.1 Å². The number of hydrogen-bond acceptors (Lipinski definition) is 11. The fourth-order valence-electron chi connectivity index (χ4n) is 8.29. The first kappa shape index (κ1) is 56.4. The lowest BCUT2D eigenvalue weighted by Crippen LogP contribution is -2.60. The van der Waals surface area contributed by atoms with Gasteiger partial charge in [0.05, 0.1) is 12.0 Å². The standard InChI is InChI=1S/C49H69N17O8/c1-29(67)61-35(16-9-20-57-48(50)51)43(70)62-36-15-7-8-19-55-41(68)18-22-56-42(69)39(24-31-26-59-34-14-6-5-13-33(31)34)65-45(72)37(17-10-21-58-49(52)53)63-46(73)38(23-30-11-3-2-4-12-30)64-47(74)40(66-44(36)71)25-32-27-54-28-60-32/h2-6,11-14,26-28,35-40,59H,7-10,15-25H2,1H3,(H,54,60)(H,55,68)(H,56,69)(H,61,67)(H,62,70)(H,63,73)(H,64,74)(H,65,72)(H,66,71)(H4,50,51,57)(H4,52,53,58)/t35-,36-,37-,38+,39-,40-/m0/s1. The van der Waals surface area contributed by atoms with Crippen LogP contribution in [0.1, 0.15) is 75.1 Å². The van der Waals surface area contributed by atoms with Gasteiger partial charge in [-0.05, 0) is 62.1 Å². The summed E-state index contributed by atoms with van der Waals surface area (Å²) < 4.78 is 0. The number of nitrogens with two attached hydrogens (primary N) is 2. The summed E-state index contributed by atoms with van der Waals surface area (Å²) in [7, 11) is 0. The lowest BCUT2D eigenvalue weighted by atomic mass is 10.0. The molecule has 1 saturated heterocycles. The highest BCUT2D eigenvalue weighted by atomic mass is 16.2. The molecule has 18 N–H and O–H groups in total. The van der Waals surface area contributed by atoms with Crippen molar-refractivity contribution in [1.29, 1.82) is 10.8 Å².